The SMILES string of the molecule is Cc1ccc(-c2cc(COC(=O)c3cc(Cl)ccc3[N+](=O)[O-])no2)cc1. The summed E-state index contributed by atoms with van der Waals surface area (Å²) in [6.45, 7) is 1.79. The number of ether oxygens (including phenoxy) is 1. The van der Waals surface area contributed by atoms with Gasteiger partial charge >= 0.3 is 5.97 Å². The van der Waals surface area contributed by atoms with E-state index in [0.29, 0.717) is 11.5 Å². The van der Waals surface area contributed by atoms with E-state index in [2.05, 4.69) is 5.16 Å². The first-order valence-corrected chi connectivity index (χ1v) is 7.95. The van der Waals surface area contributed by atoms with E-state index in [1.165, 1.54) is 12.1 Å². The Balaban J connectivity index is 1.72. The smallest absolute Gasteiger partial charge is 0.345 e. The molecule has 0 saturated heterocycles. The zero-order valence-electron chi connectivity index (χ0n) is 13.6. The number of nitrogens with zero attached hydrogens (tertiary/aromatic N) is 2. The topological polar surface area (TPSA) is 95.5 Å². The molecule has 7 nitrogen and oxygen atoms in total. The summed E-state index contributed by atoms with van der Waals surface area (Å²) < 4.78 is 10.3. The maximum absolute atomic E-state index is 12.2. The van der Waals surface area contributed by atoms with E-state index in [1.54, 1.807) is 6.07 Å². The molecule has 0 bridgehead atoms. The van der Waals surface area contributed by atoms with E-state index in [0.717, 1.165) is 17.2 Å². The van der Waals surface area contributed by atoms with Gasteiger partial charge in [-0.2, -0.15) is 0 Å². The Morgan fingerprint density at radius 3 is 2.65 bits per heavy atom. The number of halogens is 1. The number of hydrogen-bond donors (Lipinski definition) is 0. The maximum Gasteiger partial charge on any atom is 0.345 e. The molecule has 0 atom stereocenters. The van der Waals surface area contributed by atoms with Crippen molar-refractivity contribution in [3.05, 3.63) is 80.5 Å². The number of carbonyl (C=O) groups excluding carboxylic acids is 1. The molecule has 0 N–H and O–H groups in total. The van der Waals surface area contributed by atoms with Crippen molar-refractivity contribution in [1.29, 1.82) is 0 Å². The van der Waals surface area contributed by atoms with Crippen molar-refractivity contribution < 1.29 is 19.0 Å². The first kappa shape index (κ1) is 17.6. The standard InChI is InChI=1S/C18H13ClN2O5/c1-11-2-4-12(5-3-11)17-9-14(20-26-17)10-25-18(22)15-8-13(19)6-7-16(15)21(23)24/h2-9H,10H2,1H3. The molecule has 0 radical (unpaired) electrons. The molecule has 0 aliphatic rings. The van der Waals surface area contributed by atoms with E-state index >= 15 is 0 Å². The van der Waals surface area contributed by atoms with Gasteiger partial charge < -0.3 is 9.26 Å². The number of aromatic nitrogens is 1. The fourth-order valence-electron chi connectivity index (χ4n) is 2.28. The maximum atomic E-state index is 12.2. The Kier molecular flexibility index (Phi) is 4.99. The van der Waals surface area contributed by atoms with Crippen molar-refractivity contribution in [2.45, 2.75) is 13.5 Å². The normalized spacial score (nSPS) is 10.5. The minimum absolute atomic E-state index is 0.183. The van der Waals surface area contributed by atoms with Crippen molar-refractivity contribution in [3.8, 4) is 11.3 Å². The van der Waals surface area contributed by atoms with Gasteiger partial charge in [-0.15, -0.1) is 0 Å². The number of aryl methyl sites for hydroxylation is 1. The van der Waals surface area contributed by atoms with Crippen LogP contribution >= 0.6 is 11.6 Å². The average Bonchev–Trinajstić information content (AvgIpc) is 3.09. The van der Waals surface area contributed by atoms with Crippen LogP contribution in [0.1, 0.15) is 21.6 Å². The van der Waals surface area contributed by atoms with Gasteiger partial charge in [-0.3, -0.25) is 10.1 Å². The van der Waals surface area contributed by atoms with Crippen molar-refractivity contribution in [2.75, 3.05) is 0 Å². The highest BCUT2D eigenvalue weighted by atomic mass is 35.5. The second-order valence-corrected chi connectivity index (χ2v) is 5.98. The Labute approximate surface area is 153 Å². The highest BCUT2D eigenvalue weighted by Crippen LogP contribution is 2.25. The molecule has 3 aromatic rings. The minimum atomic E-state index is -0.862. The number of benzene rings is 2. The van der Waals surface area contributed by atoms with Crippen LogP contribution in [0.3, 0.4) is 0 Å². The van der Waals surface area contributed by atoms with Gasteiger partial charge in [0.25, 0.3) is 5.69 Å². The third-order valence-corrected chi connectivity index (χ3v) is 3.86. The Morgan fingerprint density at radius 2 is 1.96 bits per heavy atom. The van der Waals surface area contributed by atoms with E-state index < -0.39 is 10.9 Å². The fraction of sp³-hybridized carbons (Fsp3) is 0.111. The molecular formula is C18H13ClN2O5. The number of nitro benzene ring substituents is 1. The van der Waals surface area contributed by atoms with Crippen molar-refractivity contribution in [2.24, 2.45) is 0 Å². The molecule has 1 aromatic heterocycles. The van der Waals surface area contributed by atoms with Crippen molar-refractivity contribution in [3.63, 3.8) is 0 Å². The van der Waals surface area contributed by atoms with Gasteiger partial charge in [-0.1, -0.05) is 46.6 Å². The van der Waals surface area contributed by atoms with Crippen LogP contribution in [0.4, 0.5) is 5.69 Å². The highest BCUT2D eigenvalue weighted by Gasteiger charge is 2.22. The van der Waals surface area contributed by atoms with Crippen LogP contribution < -0.4 is 0 Å². The lowest BCUT2D eigenvalue weighted by molar-refractivity contribution is -0.385. The predicted octanol–water partition coefficient (Wildman–Crippen LogP) is 4.57. The van der Waals surface area contributed by atoms with Gasteiger partial charge in [0.1, 0.15) is 17.9 Å². The molecule has 0 unspecified atom stereocenters. The van der Waals surface area contributed by atoms with E-state index in [1.807, 2.05) is 31.2 Å². The first-order chi connectivity index (χ1) is 12.4. The molecule has 0 amide bonds. The molecule has 0 aliphatic heterocycles. The summed E-state index contributed by atoms with van der Waals surface area (Å²) in [6.07, 6.45) is 0. The quantitative estimate of drug-likeness (QED) is 0.370. The number of carbonyl (C=O) groups is 1. The van der Waals surface area contributed by atoms with Crippen LogP contribution in [0.2, 0.25) is 5.02 Å². The Bertz CT molecular complexity index is 966. The molecule has 1 heterocycles. The molecule has 3 rings (SSSR count). The van der Waals surface area contributed by atoms with Crippen molar-refractivity contribution in [1.82, 2.24) is 5.16 Å². The first-order valence-electron chi connectivity index (χ1n) is 7.58. The van der Waals surface area contributed by atoms with E-state index in [9.17, 15) is 14.9 Å². The van der Waals surface area contributed by atoms with E-state index in [-0.39, 0.29) is 22.9 Å². The van der Waals surface area contributed by atoms with Gasteiger partial charge in [0.05, 0.1) is 4.92 Å². The number of nitro groups is 1. The van der Waals surface area contributed by atoms with Crippen molar-refractivity contribution >= 4 is 23.3 Å². The Hall–Kier alpha value is -3.19. The molecule has 0 saturated carbocycles. The van der Waals surface area contributed by atoms with Crippen LogP contribution in [0.15, 0.2) is 53.1 Å². The van der Waals surface area contributed by atoms with Gasteiger partial charge in [-0.25, -0.2) is 4.79 Å². The number of esters is 1. The Morgan fingerprint density at radius 1 is 1.23 bits per heavy atom. The highest BCUT2D eigenvalue weighted by molar-refractivity contribution is 6.31. The zero-order chi connectivity index (χ0) is 18.7. The molecule has 0 spiro atoms. The van der Waals surface area contributed by atoms with Gasteiger partial charge in [0.2, 0.25) is 0 Å². The summed E-state index contributed by atoms with van der Waals surface area (Å²) in [5, 5.41) is 15.1. The third-order valence-electron chi connectivity index (χ3n) is 3.62. The van der Waals surface area contributed by atoms with Gasteiger partial charge in [-0.05, 0) is 19.1 Å². The van der Waals surface area contributed by atoms with Crippen LogP contribution in [-0.4, -0.2) is 16.0 Å². The zero-order valence-corrected chi connectivity index (χ0v) is 14.4. The molecule has 0 aliphatic carbocycles. The fourth-order valence-corrected chi connectivity index (χ4v) is 2.45. The second-order valence-electron chi connectivity index (χ2n) is 5.54. The minimum Gasteiger partial charge on any atom is -0.455 e. The van der Waals surface area contributed by atoms with Gasteiger partial charge in [0.15, 0.2) is 5.76 Å². The molecular weight excluding hydrogens is 360 g/mol. The molecule has 132 valence electrons. The largest absolute Gasteiger partial charge is 0.455 e. The second kappa shape index (κ2) is 7.37. The molecule has 26 heavy (non-hydrogen) atoms. The third kappa shape index (κ3) is 3.89. The molecule has 2 aromatic carbocycles. The van der Waals surface area contributed by atoms with Crippen LogP contribution in [0.5, 0.6) is 0 Å². The lowest BCUT2D eigenvalue weighted by Crippen LogP contribution is -2.08. The summed E-state index contributed by atoms with van der Waals surface area (Å²) in [5.41, 5.74) is 1.75. The predicted molar refractivity (Wildman–Crippen MR) is 93.9 cm³/mol. The summed E-state index contributed by atoms with van der Waals surface area (Å²) in [7, 11) is 0. The van der Waals surface area contributed by atoms with Crippen LogP contribution in [0.25, 0.3) is 11.3 Å². The summed E-state index contributed by atoms with van der Waals surface area (Å²) in [6, 6.07) is 13.0. The lowest BCUT2D eigenvalue weighted by Gasteiger charge is -2.04. The lowest BCUT2D eigenvalue weighted by atomic mass is 10.1. The van der Waals surface area contributed by atoms with Gasteiger partial charge in [0, 0.05) is 22.7 Å². The van der Waals surface area contributed by atoms with Crippen LogP contribution in [-0.2, 0) is 11.3 Å². The molecule has 0 fully saturated rings. The summed E-state index contributed by atoms with van der Waals surface area (Å²) in [5.74, 6) is -0.330. The van der Waals surface area contributed by atoms with Crippen LogP contribution in [0, 0.1) is 17.0 Å². The monoisotopic (exact) mass is 372 g/mol. The average molecular weight is 373 g/mol. The summed E-state index contributed by atoms with van der Waals surface area (Å²) >= 11 is 5.81. The van der Waals surface area contributed by atoms with E-state index in [4.69, 9.17) is 20.9 Å². The number of hydrogen-bond acceptors (Lipinski definition) is 6. The number of rotatable bonds is 5. The summed E-state index contributed by atoms with van der Waals surface area (Å²) in [4.78, 5) is 22.5. The molecule has 8 heteroatoms.